The van der Waals surface area contributed by atoms with Crippen LogP contribution in [0, 0.1) is 12.8 Å². The van der Waals surface area contributed by atoms with E-state index in [1.807, 2.05) is 14.0 Å². The molecule has 0 unspecified atom stereocenters. The summed E-state index contributed by atoms with van der Waals surface area (Å²) < 4.78 is 5.87. The molecule has 1 aromatic rings. The molecule has 19 heavy (non-hydrogen) atoms. The average molecular weight is 266 g/mol. The smallest absolute Gasteiger partial charge is 0.118 e. The highest BCUT2D eigenvalue weighted by atomic mass is 16.3. The van der Waals surface area contributed by atoms with Gasteiger partial charge in [0, 0.05) is 18.7 Å². The van der Waals surface area contributed by atoms with Crippen molar-refractivity contribution in [1.29, 1.82) is 0 Å². The van der Waals surface area contributed by atoms with Crippen LogP contribution in [0.4, 0.5) is 0 Å². The van der Waals surface area contributed by atoms with Gasteiger partial charge in [0.2, 0.25) is 0 Å². The molecule has 0 saturated heterocycles. The summed E-state index contributed by atoms with van der Waals surface area (Å²) in [6.45, 7) is 12.9. The van der Waals surface area contributed by atoms with Gasteiger partial charge in [-0.05, 0) is 32.5 Å². The molecule has 0 fully saturated rings. The van der Waals surface area contributed by atoms with Gasteiger partial charge in [-0.15, -0.1) is 0 Å². The highest BCUT2D eigenvalue weighted by molar-refractivity contribution is 5.20. The van der Waals surface area contributed by atoms with Crippen molar-refractivity contribution in [3.8, 4) is 0 Å². The van der Waals surface area contributed by atoms with Crippen LogP contribution >= 0.6 is 0 Å². The summed E-state index contributed by atoms with van der Waals surface area (Å²) in [5.41, 5.74) is 1.27. The number of furan rings is 1. The maximum Gasteiger partial charge on any atom is 0.118 e. The van der Waals surface area contributed by atoms with Crippen molar-refractivity contribution in [3.63, 3.8) is 0 Å². The molecule has 1 N–H and O–H groups in total. The molecule has 0 bridgehead atoms. The maximum atomic E-state index is 5.87. The number of hydrogen-bond acceptors (Lipinski definition) is 3. The molecule has 3 heteroatoms. The number of nitrogens with one attached hydrogen (secondary N) is 1. The molecule has 0 amide bonds. The maximum absolute atomic E-state index is 5.87. The molecular weight excluding hydrogens is 236 g/mol. The summed E-state index contributed by atoms with van der Waals surface area (Å²) >= 11 is 0. The van der Waals surface area contributed by atoms with Gasteiger partial charge in [0.1, 0.15) is 11.5 Å². The van der Waals surface area contributed by atoms with E-state index in [1.165, 1.54) is 24.9 Å². The van der Waals surface area contributed by atoms with Crippen molar-refractivity contribution in [2.75, 3.05) is 20.1 Å². The Balaban J connectivity index is 2.62. The molecule has 0 aliphatic heterocycles. The third-order valence-corrected chi connectivity index (χ3v) is 3.94. The average Bonchev–Trinajstić information content (AvgIpc) is 2.75. The Morgan fingerprint density at radius 1 is 1.26 bits per heavy atom. The second-order valence-electron chi connectivity index (χ2n) is 5.33. The van der Waals surface area contributed by atoms with Gasteiger partial charge in [0.15, 0.2) is 0 Å². The molecule has 1 aromatic heterocycles. The van der Waals surface area contributed by atoms with Gasteiger partial charge in [-0.2, -0.15) is 0 Å². The highest BCUT2D eigenvalue weighted by Crippen LogP contribution is 2.18. The van der Waals surface area contributed by atoms with Gasteiger partial charge in [-0.25, -0.2) is 0 Å². The van der Waals surface area contributed by atoms with Gasteiger partial charge in [-0.1, -0.05) is 33.6 Å². The molecule has 3 nitrogen and oxygen atoms in total. The van der Waals surface area contributed by atoms with E-state index in [0.29, 0.717) is 0 Å². The molecule has 1 heterocycles. The number of nitrogens with zero attached hydrogens (tertiary/aromatic N) is 1. The van der Waals surface area contributed by atoms with E-state index >= 15 is 0 Å². The van der Waals surface area contributed by atoms with Crippen LogP contribution in [-0.2, 0) is 13.1 Å². The van der Waals surface area contributed by atoms with E-state index in [4.69, 9.17) is 4.42 Å². The Bertz CT molecular complexity index is 356. The van der Waals surface area contributed by atoms with E-state index in [1.54, 1.807) is 0 Å². The van der Waals surface area contributed by atoms with Gasteiger partial charge in [0.05, 0.1) is 6.54 Å². The predicted octanol–water partition coefficient (Wildman–Crippen LogP) is 3.57. The molecule has 110 valence electrons. The first kappa shape index (κ1) is 16.3. The number of rotatable bonds is 9. The normalized spacial score (nSPS) is 11.7. The van der Waals surface area contributed by atoms with E-state index in [0.717, 1.165) is 37.1 Å². The molecule has 0 aromatic carbocycles. The van der Waals surface area contributed by atoms with E-state index in [2.05, 4.69) is 37.1 Å². The van der Waals surface area contributed by atoms with E-state index in [9.17, 15) is 0 Å². The van der Waals surface area contributed by atoms with Crippen molar-refractivity contribution < 1.29 is 4.42 Å². The monoisotopic (exact) mass is 266 g/mol. The Labute approximate surface area is 118 Å². The van der Waals surface area contributed by atoms with Gasteiger partial charge < -0.3 is 9.73 Å². The first-order valence-corrected chi connectivity index (χ1v) is 7.59. The van der Waals surface area contributed by atoms with Crippen molar-refractivity contribution in [2.24, 2.45) is 5.92 Å². The molecule has 0 radical (unpaired) electrons. The van der Waals surface area contributed by atoms with Gasteiger partial charge in [0.25, 0.3) is 0 Å². The first-order chi connectivity index (χ1) is 9.14. The molecule has 0 aliphatic rings. The van der Waals surface area contributed by atoms with Crippen molar-refractivity contribution in [3.05, 3.63) is 23.2 Å². The largest absolute Gasteiger partial charge is 0.465 e. The third kappa shape index (κ3) is 5.00. The van der Waals surface area contributed by atoms with Crippen LogP contribution in [0.2, 0.25) is 0 Å². The fourth-order valence-electron chi connectivity index (χ4n) is 2.47. The molecule has 0 aliphatic carbocycles. The summed E-state index contributed by atoms with van der Waals surface area (Å²) in [4.78, 5) is 2.49. The lowest BCUT2D eigenvalue weighted by Crippen LogP contribution is -2.28. The van der Waals surface area contributed by atoms with E-state index < -0.39 is 0 Å². The fourth-order valence-corrected chi connectivity index (χ4v) is 2.47. The topological polar surface area (TPSA) is 28.4 Å². The van der Waals surface area contributed by atoms with Crippen LogP contribution in [0.1, 0.15) is 50.7 Å². The van der Waals surface area contributed by atoms with Crippen LogP contribution in [0.3, 0.4) is 0 Å². The lowest BCUT2D eigenvalue weighted by atomic mass is 10.0. The summed E-state index contributed by atoms with van der Waals surface area (Å²) in [5, 5.41) is 3.18. The first-order valence-electron chi connectivity index (χ1n) is 7.59. The zero-order valence-electron chi connectivity index (χ0n) is 13.3. The van der Waals surface area contributed by atoms with Crippen molar-refractivity contribution >= 4 is 0 Å². The summed E-state index contributed by atoms with van der Waals surface area (Å²) in [5.74, 6) is 2.94. The minimum atomic E-state index is 0.799. The number of aryl methyl sites for hydroxylation is 1. The Morgan fingerprint density at radius 3 is 2.47 bits per heavy atom. The second kappa shape index (κ2) is 8.39. The highest BCUT2D eigenvalue weighted by Gasteiger charge is 2.13. The van der Waals surface area contributed by atoms with Crippen molar-refractivity contribution in [1.82, 2.24) is 10.2 Å². The number of hydrogen-bond donors (Lipinski definition) is 1. The van der Waals surface area contributed by atoms with E-state index in [-0.39, 0.29) is 0 Å². The third-order valence-electron chi connectivity index (χ3n) is 3.94. The van der Waals surface area contributed by atoms with Crippen LogP contribution in [-0.4, -0.2) is 25.0 Å². The van der Waals surface area contributed by atoms with Gasteiger partial charge in [-0.3, -0.25) is 4.90 Å². The predicted molar refractivity (Wildman–Crippen MR) is 81.2 cm³/mol. The fraction of sp³-hybridized carbons (Fsp3) is 0.750. The minimum Gasteiger partial charge on any atom is -0.465 e. The van der Waals surface area contributed by atoms with Gasteiger partial charge >= 0.3 is 0 Å². The standard InChI is InChI=1S/C16H30N2O/c1-6-14(7-2)11-18(8-3)12-16-9-15(10-17-5)13(4)19-16/h9,14,17H,6-8,10-12H2,1-5H3. The van der Waals surface area contributed by atoms with Crippen LogP contribution in [0.5, 0.6) is 0 Å². The summed E-state index contributed by atoms with van der Waals surface area (Å²) in [7, 11) is 1.97. The Kier molecular flexibility index (Phi) is 7.17. The summed E-state index contributed by atoms with van der Waals surface area (Å²) in [6, 6.07) is 2.20. The second-order valence-corrected chi connectivity index (χ2v) is 5.33. The molecule has 0 atom stereocenters. The lowest BCUT2D eigenvalue weighted by Gasteiger charge is -2.24. The lowest BCUT2D eigenvalue weighted by molar-refractivity contribution is 0.210. The SMILES string of the molecule is CCC(CC)CN(CC)Cc1cc(CNC)c(C)o1. The zero-order valence-corrected chi connectivity index (χ0v) is 13.3. The van der Waals surface area contributed by atoms with Crippen LogP contribution < -0.4 is 5.32 Å². The van der Waals surface area contributed by atoms with Crippen LogP contribution in [0.15, 0.2) is 10.5 Å². The minimum absolute atomic E-state index is 0.799. The molecular formula is C16H30N2O. The Morgan fingerprint density at radius 2 is 1.95 bits per heavy atom. The zero-order chi connectivity index (χ0) is 14.3. The molecule has 0 saturated carbocycles. The van der Waals surface area contributed by atoms with Crippen molar-refractivity contribution in [2.45, 2.75) is 53.6 Å². The summed E-state index contributed by atoms with van der Waals surface area (Å²) in [6.07, 6.45) is 2.52. The molecule has 0 spiro atoms. The quantitative estimate of drug-likeness (QED) is 0.740. The molecule has 1 rings (SSSR count). The van der Waals surface area contributed by atoms with Crippen LogP contribution in [0.25, 0.3) is 0 Å². The Hall–Kier alpha value is -0.800.